The van der Waals surface area contributed by atoms with Gasteiger partial charge in [-0.3, -0.25) is 9.59 Å². The maximum absolute atomic E-state index is 12.9. The van der Waals surface area contributed by atoms with E-state index in [0.29, 0.717) is 17.8 Å². The van der Waals surface area contributed by atoms with E-state index in [-0.39, 0.29) is 17.1 Å². The number of benzene rings is 1. The average Bonchev–Trinajstić information content (AvgIpc) is 3.01. The second-order valence-electron chi connectivity index (χ2n) is 7.93. The summed E-state index contributed by atoms with van der Waals surface area (Å²) >= 11 is 0. The summed E-state index contributed by atoms with van der Waals surface area (Å²) in [5.74, 6) is 0.673. The number of hydrogen-bond acceptors (Lipinski definition) is 3. The van der Waals surface area contributed by atoms with Crippen molar-refractivity contribution in [2.75, 3.05) is 13.7 Å². The summed E-state index contributed by atoms with van der Waals surface area (Å²) in [4.78, 5) is 27.9. The quantitative estimate of drug-likeness (QED) is 0.724. The molecule has 1 amide bonds. The van der Waals surface area contributed by atoms with Gasteiger partial charge in [-0.2, -0.15) is 0 Å². The van der Waals surface area contributed by atoms with Crippen LogP contribution in [0.25, 0.3) is 0 Å². The van der Waals surface area contributed by atoms with Crippen LogP contribution in [0.5, 0.6) is 5.75 Å². The van der Waals surface area contributed by atoms with Crippen molar-refractivity contribution in [2.24, 2.45) is 0 Å². The highest BCUT2D eigenvalue weighted by Crippen LogP contribution is 2.39. The number of ketones is 1. The van der Waals surface area contributed by atoms with E-state index < -0.39 is 0 Å². The molecule has 0 bridgehead atoms. The predicted molar refractivity (Wildman–Crippen MR) is 110 cm³/mol. The van der Waals surface area contributed by atoms with Crippen molar-refractivity contribution in [2.45, 2.75) is 58.3 Å². The first kappa shape index (κ1) is 20.2. The average molecular weight is 383 g/mol. The predicted octanol–water partition coefficient (Wildman–Crippen LogP) is 4.47. The van der Waals surface area contributed by atoms with E-state index in [1.807, 2.05) is 26.0 Å². The van der Waals surface area contributed by atoms with Crippen LogP contribution in [-0.2, 0) is 5.41 Å². The molecule has 2 aromatic rings. The topological polar surface area (TPSA) is 71.2 Å². The van der Waals surface area contributed by atoms with Crippen LogP contribution in [0.3, 0.4) is 0 Å². The van der Waals surface area contributed by atoms with Crippen LogP contribution < -0.4 is 10.1 Å². The number of carbonyl (C=O) groups is 2. The van der Waals surface area contributed by atoms with Crippen molar-refractivity contribution in [3.63, 3.8) is 0 Å². The molecule has 0 unspecified atom stereocenters. The van der Waals surface area contributed by atoms with Gasteiger partial charge in [-0.15, -0.1) is 0 Å². The summed E-state index contributed by atoms with van der Waals surface area (Å²) < 4.78 is 5.29. The van der Waals surface area contributed by atoms with Crippen molar-refractivity contribution in [1.29, 1.82) is 0 Å². The summed E-state index contributed by atoms with van der Waals surface area (Å²) in [5.41, 5.74) is 3.77. The van der Waals surface area contributed by atoms with Gasteiger partial charge in [0.25, 0.3) is 5.91 Å². The van der Waals surface area contributed by atoms with Crippen LogP contribution >= 0.6 is 0 Å². The molecule has 1 aliphatic rings. The van der Waals surface area contributed by atoms with E-state index in [1.54, 1.807) is 7.11 Å². The number of nitrogens with one attached hydrogen (secondary N) is 2. The Kier molecular flexibility index (Phi) is 5.92. The lowest BCUT2D eigenvalue weighted by Crippen LogP contribution is -2.42. The highest BCUT2D eigenvalue weighted by Gasteiger charge is 2.34. The molecule has 1 aliphatic carbocycles. The monoisotopic (exact) mass is 382 g/mol. The molecule has 1 fully saturated rings. The molecule has 1 aromatic heterocycles. The van der Waals surface area contributed by atoms with Crippen LogP contribution in [0.1, 0.15) is 76.7 Å². The number of H-pyrrole nitrogens is 1. The Morgan fingerprint density at radius 2 is 1.75 bits per heavy atom. The number of methoxy groups -OCH3 is 1. The summed E-state index contributed by atoms with van der Waals surface area (Å²) in [6, 6.07) is 8.22. The number of aryl methyl sites for hydroxylation is 1. The highest BCUT2D eigenvalue weighted by molar-refractivity contribution is 6.02. The lowest BCUT2D eigenvalue weighted by atomic mass is 9.69. The largest absolute Gasteiger partial charge is 0.497 e. The molecule has 1 heterocycles. The summed E-state index contributed by atoms with van der Waals surface area (Å²) in [5, 5.41) is 3.14. The van der Waals surface area contributed by atoms with E-state index in [0.717, 1.165) is 42.7 Å². The van der Waals surface area contributed by atoms with Crippen molar-refractivity contribution in [1.82, 2.24) is 10.3 Å². The minimum absolute atomic E-state index is 0.0210. The van der Waals surface area contributed by atoms with E-state index >= 15 is 0 Å². The van der Waals surface area contributed by atoms with Gasteiger partial charge in [-0.05, 0) is 56.9 Å². The second kappa shape index (κ2) is 8.21. The van der Waals surface area contributed by atoms with E-state index in [1.165, 1.54) is 18.9 Å². The summed E-state index contributed by atoms with van der Waals surface area (Å²) in [6.07, 6.45) is 5.68. The van der Waals surface area contributed by atoms with Gasteiger partial charge in [0.15, 0.2) is 5.78 Å². The van der Waals surface area contributed by atoms with Gasteiger partial charge in [-0.1, -0.05) is 31.4 Å². The van der Waals surface area contributed by atoms with Crippen molar-refractivity contribution >= 4 is 11.7 Å². The minimum atomic E-state index is -0.147. The van der Waals surface area contributed by atoms with Gasteiger partial charge in [0.2, 0.25) is 0 Å². The van der Waals surface area contributed by atoms with Crippen LogP contribution in [0, 0.1) is 13.8 Å². The normalized spacial score (nSPS) is 15.9. The minimum Gasteiger partial charge on any atom is -0.497 e. The van der Waals surface area contributed by atoms with Crippen molar-refractivity contribution in [3.8, 4) is 5.75 Å². The van der Waals surface area contributed by atoms with Crippen LogP contribution in [0.15, 0.2) is 24.3 Å². The molecule has 150 valence electrons. The van der Waals surface area contributed by atoms with Gasteiger partial charge in [0.1, 0.15) is 11.4 Å². The Labute approximate surface area is 166 Å². The summed E-state index contributed by atoms with van der Waals surface area (Å²) in [6.45, 7) is 5.78. The van der Waals surface area contributed by atoms with Crippen LogP contribution in [0.4, 0.5) is 0 Å². The molecular formula is C23H30N2O3. The molecule has 0 aliphatic heterocycles. The van der Waals surface area contributed by atoms with E-state index in [2.05, 4.69) is 22.4 Å². The molecule has 3 rings (SSSR count). The third-order valence-electron chi connectivity index (χ3n) is 6.12. The molecule has 5 heteroatoms. The van der Waals surface area contributed by atoms with Gasteiger partial charge in [-0.25, -0.2) is 0 Å². The maximum atomic E-state index is 12.9. The molecule has 5 nitrogen and oxygen atoms in total. The van der Waals surface area contributed by atoms with Crippen molar-refractivity contribution in [3.05, 3.63) is 52.3 Å². The number of Topliss-reactive ketones (excluding diaryl/α,β-unsaturated/α-hetero) is 1. The zero-order valence-electron chi connectivity index (χ0n) is 17.3. The third kappa shape index (κ3) is 3.84. The van der Waals surface area contributed by atoms with E-state index in [4.69, 9.17) is 4.74 Å². The van der Waals surface area contributed by atoms with Crippen molar-refractivity contribution < 1.29 is 14.3 Å². The molecule has 1 saturated carbocycles. The molecule has 0 spiro atoms. The second-order valence-corrected chi connectivity index (χ2v) is 7.93. The number of hydrogen-bond donors (Lipinski definition) is 2. The first-order valence-corrected chi connectivity index (χ1v) is 10.0. The number of carbonyl (C=O) groups excluding carboxylic acids is 2. The Morgan fingerprint density at radius 1 is 1.11 bits per heavy atom. The van der Waals surface area contributed by atoms with Gasteiger partial charge in [0, 0.05) is 23.2 Å². The fourth-order valence-corrected chi connectivity index (χ4v) is 4.58. The van der Waals surface area contributed by atoms with E-state index in [9.17, 15) is 9.59 Å². The zero-order chi connectivity index (χ0) is 20.3. The molecule has 0 radical (unpaired) electrons. The molecule has 28 heavy (non-hydrogen) atoms. The summed E-state index contributed by atoms with van der Waals surface area (Å²) in [7, 11) is 1.67. The number of ether oxygens (including phenoxy) is 1. The molecule has 0 atom stereocenters. The maximum Gasteiger partial charge on any atom is 0.268 e. The Morgan fingerprint density at radius 3 is 2.29 bits per heavy atom. The number of aromatic nitrogens is 1. The fourth-order valence-electron chi connectivity index (χ4n) is 4.58. The first-order valence-electron chi connectivity index (χ1n) is 10.0. The Bertz CT molecular complexity index is 859. The fraction of sp³-hybridized carbons (Fsp3) is 0.478. The van der Waals surface area contributed by atoms with Crippen LogP contribution in [0.2, 0.25) is 0 Å². The first-order chi connectivity index (χ1) is 13.4. The molecule has 0 saturated heterocycles. The molecule has 1 aromatic carbocycles. The zero-order valence-corrected chi connectivity index (χ0v) is 17.3. The SMILES string of the molecule is COc1ccc(C2(CNC(=O)c3[nH]c(C)c(C(C)=O)c3C)CCCCC2)cc1. The Hall–Kier alpha value is -2.56. The lowest BCUT2D eigenvalue weighted by Gasteiger charge is -2.38. The smallest absolute Gasteiger partial charge is 0.268 e. The highest BCUT2D eigenvalue weighted by atomic mass is 16.5. The van der Waals surface area contributed by atoms with Gasteiger partial charge in [0.05, 0.1) is 7.11 Å². The van der Waals surface area contributed by atoms with Gasteiger partial charge >= 0.3 is 0 Å². The standard InChI is InChI=1S/C23H30N2O3/c1-15-20(17(3)26)16(2)25-21(15)22(27)24-14-23(12-6-5-7-13-23)18-8-10-19(28-4)11-9-18/h8-11,25H,5-7,12-14H2,1-4H3,(H,24,27). The Balaban J connectivity index is 1.81. The number of rotatable bonds is 6. The van der Waals surface area contributed by atoms with Crippen LogP contribution in [-0.4, -0.2) is 30.3 Å². The molecular weight excluding hydrogens is 352 g/mol. The molecule has 2 N–H and O–H groups in total. The third-order valence-corrected chi connectivity index (χ3v) is 6.12. The lowest BCUT2D eigenvalue weighted by molar-refractivity contribution is 0.0931. The number of aromatic amines is 1. The number of amides is 1. The van der Waals surface area contributed by atoms with Gasteiger partial charge < -0.3 is 15.0 Å².